The van der Waals surface area contributed by atoms with E-state index in [9.17, 15) is 19.6 Å². The number of anilines is 2. The second-order valence-electron chi connectivity index (χ2n) is 9.90. The number of nitrogens with two attached hydrogens (primary N) is 2. The SMILES string of the molecule is CCOC(=O)Cn1c(=O)n(Cc2cc(C#N)c3ccccc3c2N)c(=O)c2c1nc(N1CCCC(N)C1)n2CC. The van der Waals surface area contributed by atoms with E-state index in [0.717, 1.165) is 17.4 Å². The Bertz CT molecular complexity index is 1780. The van der Waals surface area contributed by atoms with E-state index in [1.807, 2.05) is 24.0 Å². The Labute approximate surface area is 230 Å². The molecule has 2 aromatic carbocycles. The van der Waals surface area contributed by atoms with Crippen LogP contribution in [0.15, 0.2) is 39.9 Å². The molecule has 208 valence electrons. The van der Waals surface area contributed by atoms with Gasteiger partial charge in [0.1, 0.15) is 6.54 Å². The summed E-state index contributed by atoms with van der Waals surface area (Å²) in [6, 6.07) is 10.9. The molecule has 1 fully saturated rings. The maximum Gasteiger partial charge on any atom is 0.333 e. The lowest BCUT2D eigenvalue weighted by atomic mass is 9.99. The van der Waals surface area contributed by atoms with Gasteiger partial charge in [-0.25, -0.2) is 4.79 Å². The first kappa shape index (κ1) is 27.0. The molecule has 0 spiro atoms. The fourth-order valence-corrected chi connectivity index (χ4v) is 5.48. The van der Waals surface area contributed by atoms with E-state index in [-0.39, 0.29) is 30.4 Å². The first-order chi connectivity index (χ1) is 19.3. The van der Waals surface area contributed by atoms with Gasteiger partial charge < -0.3 is 25.7 Å². The molecule has 4 aromatic rings. The van der Waals surface area contributed by atoms with E-state index >= 15 is 0 Å². The molecule has 2 aromatic heterocycles. The lowest BCUT2D eigenvalue weighted by Crippen LogP contribution is -2.44. The second kappa shape index (κ2) is 10.9. The molecule has 0 bridgehead atoms. The number of piperidine rings is 1. The van der Waals surface area contributed by atoms with Crippen molar-refractivity contribution in [2.24, 2.45) is 5.73 Å². The van der Waals surface area contributed by atoms with E-state index in [4.69, 9.17) is 21.2 Å². The molecule has 0 aliphatic carbocycles. The number of nitriles is 1. The van der Waals surface area contributed by atoms with Crippen molar-refractivity contribution in [3.63, 3.8) is 0 Å². The predicted octanol–water partition coefficient (Wildman–Crippen LogP) is 1.53. The van der Waals surface area contributed by atoms with E-state index in [0.29, 0.717) is 53.2 Å². The number of carbonyl (C=O) groups is 1. The normalized spacial score (nSPS) is 15.4. The molecule has 1 saturated heterocycles. The van der Waals surface area contributed by atoms with Gasteiger partial charge in [0.2, 0.25) is 5.95 Å². The summed E-state index contributed by atoms with van der Waals surface area (Å²) >= 11 is 0. The van der Waals surface area contributed by atoms with Gasteiger partial charge in [-0.15, -0.1) is 0 Å². The number of ether oxygens (including phenoxy) is 1. The molecular weight excluding hydrogens is 512 g/mol. The fraction of sp³-hybridized carbons (Fsp3) is 0.393. The molecule has 5 rings (SSSR count). The van der Waals surface area contributed by atoms with Crippen LogP contribution in [-0.4, -0.2) is 50.4 Å². The number of aryl methyl sites for hydroxylation is 1. The van der Waals surface area contributed by atoms with E-state index in [2.05, 4.69) is 6.07 Å². The van der Waals surface area contributed by atoms with Crippen LogP contribution < -0.4 is 27.6 Å². The Balaban J connectivity index is 1.75. The summed E-state index contributed by atoms with van der Waals surface area (Å²) in [7, 11) is 0. The number of nitrogens with zero attached hydrogens (tertiary/aromatic N) is 6. The summed E-state index contributed by atoms with van der Waals surface area (Å²) in [4.78, 5) is 47.2. The number of carbonyl (C=O) groups excluding carboxylic acids is 1. The lowest BCUT2D eigenvalue weighted by Gasteiger charge is -2.31. The smallest absolute Gasteiger partial charge is 0.333 e. The first-order valence-corrected chi connectivity index (χ1v) is 13.4. The van der Waals surface area contributed by atoms with Crippen LogP contribution in [0.4, 0.5) is 11.6 Å². The number of imidazole rings is 1. The molecule has 12 nitrogen and oxygen atoms in total. The molecule has 12 heteroatoms. The number of benzene rings is 2. The first-order valence-electron chi connectivity index (χ1n) is 13.4. The molecule has 4 N–H and O–H groups in total. The van der Waals surface area contributed by atoms with Crippen LogP contribution in [-0.2, 0) is 29.2 Å². The maximum absolute atomic E-state index is 14.0. The highest BCUT2D eigenvalue weighted by Crippen LogP contribution is 2.29. The largest absolute Gasteiger partial charge is 0.465 e. The van der Waals surface area contributed by atoms with Gasteiger partial charge in [0.15, 0.2) is 11.2 Å². The van der Waals surface area contributed by atoms with Gasteiger partial charge in [0, 0.05) is 42.1 Å². The van der Waals surface area contributed by atoms with Crippen LogP contribution in [0, 0.1) is 11.3 Å². The third kappa shape index (κ3) is 4.58. The van der Waals surface area contributed by atoms with E-state index < -0.39 is 23.8 Å². The number of rotatable bonds is 7. The van der Waals surface area contributed by atoms with Crippen molar-refractivity contribution in [3.05, 3.63) is 62.3 Å². The van der Waals surface area contributed by atoms with Crippen LogP contribution in [0.5, 0.6) is 0 Å². The van der Waals surface area contributed by atoms with Crippen molar-refractivity contribution >= 4 is 39.5 Å². The minimum Gasteiger partial charge on any atom is -0.465 e. The summed E-state index contributed by atoms with van der Waals surface area (Å²) in [5, 5.41) is 11.1. The third-order valence-corrected chi connectivity index (χ3v) is 7.36. The van der Waals surface area contributed by atoms with Gasteiger partial charge in [0.25, 0.3) is 5.56 Å². The van der Waals surface area contributed by atoms with Crippen molar-refractivity contribution in [3.8, 4) is 6.07 Å². The molecule has 1 aliphatic heterocycles. The van der Waals surface area contributed by atoms with Gasteiger partial charge in [-0.3, -0.25) is 18.7 Å². The topological polar surface area (TPSA) is 167 Å². The lowest BCUT2D eigenvalue weighted by molar-refractivity contribution is -0.143. The van der Waals surface area contributed by atoms with Crippen LogP contribution in [0.25, 0.3) is 21.9 Å². The molecule has 1 unspecified atom stereocenters. The molecule has 3 heterocycles. The van der Waals surface area contributed by atoms with Crippen LogP contribution in [0.2, 0.25) is 0 Å². The number of aromatic nitrogens is 4. The minimum absolute atomic E-state index is 0.0394. The maximum atomic E-state index is 14.0. The molecule has 1 atom stereocenters. The predicted molar refractivity (Wildman–Crippen MR) is 152 cm³/mol. The third-order valence-electron chi connectivity index (χ3n) is 7.36. The molecule has 0 saturated carbocycles. The van der Waals surface area contributed by atoms with E-state index in [1.54, 1.807) is 29.7 Å². The molecular formula is C28H32N8O4. The van der Waals surface area contributed by atoms with Crippen molar-refractivity contribution in [1.29, 1.82) is 5.26 Å². The number of esters is 1. The number of hydrogen-bond acceptors (Lipinski definition) is 9. The quantitative estimate of drug-likeness (QED) is 0.259. The molecule has 40 heavy (non-hydrogen) atoms. The van der Waals surface area contributed by atoms with Gasteiger partial charge in [-0.05, 0) is 38.3 Å². The molecule has 0 radical (unpaired) electrons. The Kier molecular flexibility index (Phi) is 7.32. The Morgan fingerprint density at radius 3 is 2.60 bits per heavy atom. The van der Waals surface area contributed by atoms with Crippen molar-refractivity contribution in [2.75, 3.05) is 30.3 Å². The summed E-state index contributed by atoms with van der Waals surface area (Å²) in [6.45, 7) is 4.76. The second-order valence-corrected chi connectivity index (χ2v) is 9.90. The van der Waals surface area contributed by atoms with Crippen molar-refractivity contribution in [1.82, 2.24) is 18.7 Å². The number of nitrogen functional groups attached to an aromatic ring is 1. The van der Waals surface area contributed by atoms with Crippen LogP contribution in [0.3, 0.4) is 0 Å². The highest BCUT2D eigenvalue weighted by Gasteiger charge is 2.27. The van der Waals surface area contributed by atoms with Gasteiger partial charge >= 0.3 is 11.7 Å². The average Bonchev–Trinajstić information content (AvgIpc) is 3.34. The zero-order valence-electron chi connectivity index (χ0n) is 22.6. The monoisotopic (exact) mass is 544 g/mol. The standard InChI is InChI=1S/C28H32N8O4/c1-3-34-24-25(32-27(34)33-11-7-8-19(30)15-33)35(16-22(37)40-4-2)28(39)36(26(24)38)14-18-12-17(13-29)20-9-5-6-10-21(20)23(18)31/h5-6,9-10,12,19H,3-4,7-8,11,14-16,30-31H2,1-2H3. The van der Waals surface area contributed by atoms with Gasteiger partial charge in [-0.2, -0.15) is 10.2 Å². The fourth-order valence-electron chi connectivity index (χ4n) is 5.48. The summed E-state index contributed by atoms with van der Waals surface area (Å²) in [5.74, 6) is -0.0998. The van der Waals surface area contributed by atoms with Gasteiger partial charge in [0.05, 0.1) is 24.8 Å². The van der Waals surface area contributed by atoms with E-state index in [1.165, 1.54) is 4.57 Å². The summed E-state index contributed by atoms with van der Waals surface area (Å²) in [5.41, 5.74) is 12.9. The molecule has 0 amide bonds. The average molecular weight is 545 g/mol. The summed E-state index contributed by atoms with van der Waals surface area (Å²) < 4.78 is 9.11. The van der Waals surface area contributed by atoms with Crippen molar-refractivity contribution in [2.45, 2.75) is 52.4 Å². The zero-order chi connectivity index (χ0) is 28.6. The highest BCUT2D eigenvalue weighted by molar-refractivity contribution is 5.98. The Hall–Kier alpha value is -4.63. The van der Waals surface area contributed by atoms with Crippen LogP contribution in [0.1, 0.15) is 37.8 Å². The molecule has 1 aliphatic rings. The Morgan fingerprint density at radius 2 is 1.93 bits per heavy atom. The van der Waals surface area contributed by atoms with Crippen LogP contribution >= 0.6 is 0 Å². The van der Waals surface area contributed by atoms with Gasteiger partial charge in [-0.1, -0.05) is 24.3 Å². The number of hydrogen-bond donors (Lipinski definition) is 2. The highest BCUT2D eigenvalue weighted by atomic mass is 16.5. The Morgan fingerprint density at radius 1 is 1.18 bits per heavy atom. The van der Waals surface area contributed by atoms with Crippen molar-refractivity contribution < 1.29 is 9.53 Å². The minimum atomic E-state index is -0.723. The zero-order valence-corrected chi connectivity index (χ0v) is 22.6. The summed E-state index contributed by atoms with van der Waals surface area (Å²) in [6.07, 6.45) is 1.76. The number of fused-ring (bicyclic) bond motifs is 2.